The summed E-state index contributed by atoms with van der Waals surface area (Å²) >= 11 is 7.83. The molecule has 2 amide bonds. The van der Waals surface area contributed by atoms with E-state index >= 15 is 0 Å². The van der Waals surface area contributed by atoms with Gasteiger partial charge in [-0.3, -0.25) is 19.4 Å². The van der Waals surface area contributed by atoms with Crippen molar-refractivity contribution in [2.24, 2.45) is 0 Å². The minimum absolute atomic E-state index is 0.156. The molecule has 1 aliphatic heterocycles. The van der Waals surface area contributed by atoms with Crippen molar-refractivity contribution in [3.63, 3.8) is 0 Å². The van der Waals surface area contributed by atoms with Crippen LogP contribution in [0.5, 0.6) is 0 Å². The molecule has 2 heterocycles. The number of thiazole rings is 1. The zero-order chi connectivity index (χ0) is 23.0. The molecule has 5 nitrogen and oxygen atoms in total. The van der Waals surface area contributed by atoms with Crippen LogP contribution in [0.2, 0.25) is 0 Å². The summed E-state index contributed by atoms with van der Waals surface area (Å²) in [6, 6.07) is 11.4. The average Bonchev–Trinajstić information content (AvgIpc) is 3.30. The first-order valence-electron chi connectivity index (χ1n) is 9.61. The number of thiocarbonyl (C=S) groups is 1. The van der Waals surface area contributed by atoms with Crippen LogP contribution in [0.1, 0.15) is 23.7 Å². The Balaban J connectivity index is 1.62. The number of halogens is 1. The normalized spacial score (nSPS) is 15.0. The maximum absolute atomic E-state index is 13.2. The van der Waals surface area contributed by atoms with Crippen molar-refractivity contribution in [2.45, 2.75) is 20.8 Å². The van der Waals surface area contributed by atoms with Gasteiger partial charge in [-0.2, -0.15) is 0 Å². The van der Waals surface area contributed by atoms with Crippen molar-refractivity contribution in [1.29, 1.82) is 0 Å². The molecule has 1 saturated heterocycles. The van der Waals surface area contributed by atoms with Gasteiger partial charge in [-0.1, -0.05) is 30.0 Å². The number of thioether (sulfide) groups is 1. The fourth-order valence-corrected chi connectivity index (χ4v) is 5.28. The predicted molar refractivity (Wildman–Crippen MR) is 133 cm³/mol. The Bertz CT molecular complexity index is 1270. The fraction of sp³-hybridized carbons (Fsp3) is 0.130. The standard InChI is InChI=1S/C23H18FN3O2S3/c1-13-4-7-19(10-14(13)2)26(15(3)28)22-25-17(12-31-22)11-20-21(29)27(23(30)32-20)18-8-5-16(24)6-9-18/h4-12H,1-3H3/b20-11-. The summed E-state index contributed by atoms with van der Waals surface area (Å²) in [6.45, 7) is 5.50. The van der Waals surface area contributed by atoms with Gasteiger partial charge in [-0.05, 0) is 67.4 Å². The van der Waals surface area contributed by atoms with E-state index in [1.54, 1.807) is 16.4 Å². The Morgan fingerprint density at radius 1 is 1.16 bits per heavy atom. The second kappa shape index (κ2) is 8.93. The minimum atomic E-state index is -0.386. The van der Waals surface area contributed by atoms with Gasteiger partial charge in [0.2, 0.25) is 5.91 Å². The molecule has 4 rings (SSSR count). The van der Waals surface area contributed by atoms with E-state index in [2.05, 4.69) is 4.98 Å². The third kappa shape index (κ3) is 4.36. The monoisotopic (exact) mass is 483 g/mol. The predicted octanol–water partition coefficient (Wildman–Crippen LogP) is 5.99. The Morgan fingerprint density at radius 2 is 1.88 bits per heavy atom. The maximum atomic E-state index is 13.2. The molecule has 0 unspecified atom stereocenters. The topological polar surface area (TPSA) is 53.5 Å². The van der Waals surface area contributed by atoms with E-state index in [-0.39, 0.29) is 17.6 Å². The van der Waals surface area contributed by atoms with E-state index < -0.39 is 0 Å². The fourth-order valence-electron chi connectivity index (χ4n) is 3.15. The molecular weight excluding hydrogens is 465 g/mol. The van der Waals surface area contributed by atoms with Crippen LogP contribution in [0, 0.1) is 19.7 Å². The van der Waals surface area contributed by atoms with Gasteiger partial charge in [0.15, 0.2) is 9.45 Å². The van der Waals surface area contributed by atoms with Gasteiger partial charge in [0, 0.05) is 12.3 Å². The number of hydrogen-bond donors (Lipinski definition) is 0. The Hall–Kier alpha value is -2.88. The number of nitrogens with zero attached hydrogens (tertiary/aromatic N) is 3. The quantitative estimate of drug-likeness (QED) is 0.337. The first-order chi connectivity index (χ1) is 15.2. The molecule has 1 fully saturated rings. The number of aryl methyl sites for hydroxylation is 2. The van der Waals surface area contributed by atoms with Gasteiger partial charge in [0.05, 0.1) is 22.0 Å². The highest BCUT2D eigenvalue weighted by atomic mass is 32.2. The lowest BCUT2D eigenvalue weighted by atomic mass is 10.1. The highest BCUT2D eigenvalue weighted by Crippen LogP contribution is 2.37. The lowest BCUT2D eigenvalue weighted by molar-refractivity contribution is -0.116. The van der Waals surface area contributed by atoms with Gasteiger partial charge >= 0.3 is 0 Å². The number of benzene rings is 2. The summed E-state index contributed by atoms with van der Waals surface area (Å²) in [5.41, 5.74) is 4.02. The molecule has 9 heteroatoms. The van der Waals surface area contributed by atoms with Crippen molar-refractivity contribution in [3.05, 3.63) is 75.4 Å². The molecule has 32 heavy (non-hydrogen) atoms. The third-order valence-corrected chi connectivity index (χ3v) is 7.07. The maximum Gasteiger partial charge on any atom is 0.270 e. The van der Waals surface area contributed by atoms with Crippen LogP contribution in [0.4, 0.5) is 20.9 Å². The van der Waals surface area contributed by atoms with Crippen LogP contribution in [0.3, 0.4) is 0 Å². The Kier molecular flexibility index (Phi) is 6.23. The molecule has 0 bridgehead atoms. The Morgan fingerprint density at radius 3 is 2.53 bits per heavy atom. The molecule has 162 valence electrons. The summed E-state index contributed by atoms with van der Waals surface area (Å²) < 4.78 is 13.6. The van der Waals surface area contributed by atoms with Crippen molar-refractivity contribution >= 4 is 74.0 Å². The number of rotatable bonds is 4. The lowest BCUT2D eigenvalue weighted by Gasteiger charge is -2.19. The van der Waals surface area contributed by atoms with Gasteiger partial charge in [0.25, 0.3) is 5.91 Å². The van der Waals surface area contributed by atoms with Gasteiger partial charge < -0.3 is 0 Å². The zero-order valence-corrected chi connectivity index (χ0v) is 19.9. The molecule has 0 spiro atoms. The van der Waals surface area contributed by atoms with E-state index in [1.807, 2.05) is 32.0 Å². The summed E-state index contributed by atoms with van der Waals surface area (Å²) in [7, 11) is 0. The van der Waals surface area contributed by atoms with Crippen LogP contribution in [0.15, 0.2) is 52.7 Å². The highest BCUT2D eigenvalue weighted by Gasteiger charge is 2.33. The minimum Gasteiger partial charge on any atom is -0.274 e. The molecule has 3 aromatic rings. The van der Waals surface area contributed by atoms with Crippen LogP contribution in [-0.4, -0.2) is 21.1 Å². The van der Waals surface area contributed by atoms with Crippen LogP contribution >= 0.6 is 35.3 Å². The molecule has 0 saturated carbocycles. The molecule has 0 aliphatic carbocycles. The summed E-state index contributed by atoms with van der Waals surface area (Å²) in [5, 5.41) is 2.30. The number of anilines is 3. The van der Waals surface area contributed by atoms with E-state index in [9.17, 15) is 14.0 Å². The van der Waals surface area contributed by atoms with Crippen molar-refractivity contribution in [1.82, 2.24) is 4.98 Å². The van der Waals surface area contributed by atoms with E-state index in [0.717, 1.165) is 28.6 Å². The molecule has 1 aromatic heterocycles. The first kappa shape index (κ1) is 22.3. The molecule has 2 aromatic carbocycles. The zero-order valence-electron chi connectivity index (χ0n) is 17.5. The SMILES string of the molecule is CC(=O)N(c1ccc(C)c(C)c1)c1nc(/C=C2\SC(=S)N(c3ccc(F)cc3)C2=O)cs1. The molecule has 1 aliphatic rings. The van der Waals surface area contributed by atoms with Crippen LogP contribution < -0.4 is 9.80 Å². The van der Waals surface area contributed by atoms with Crippen LogP contribution in [-0.2, 0) is 9.59 Å². The van der Waals surface area contributed by atoms with Crippen molar-refractivity contribution < 1.29 is 14.0 Å². The summed E-state index contributed by atoms with van der Waals surface area (Å²) in [6.07, 6.45) is 1.65. The largest absolute Gasteiger partial charge is 0.274 e. The lowest BCUT2D eigenvalue weighted by Crippen LogP contribution is -2.27. The van der Waals surface area contributed by atoms with Crippen molar-refractivity contribution in [3.8, 4) is 0 Å². The molecular formula is C23H18FN3O2S3. The van der Waals surface area contributed by atoms with Gasteiger partial charge in [-0.15, -0.1) is 11.3 Å². The first-order valence-corrected chi connectivity index (χ1v) is 11.7. The van der Waals surface area contributed by atoms with E-state index in [0.29, 0.717) is 25.7 Å². The molecule has 0 radical (unpaired) electrons. The second-order valence-corrected chi connectivity index (χ2v) is 9.68. The van der Waals surface area contributed by atoms with E-state index in [4.69, 9.17) is 12.2 Å². The van der Waals surface area contributed by atoms with Crippen molar-refractivity contribution in [2.75, 3.05) is 9.80 Å². The molecule has 0 N–H and O–H groups in total. The number of carbonyl (C=O) groups is 2. The number of amides is 2. The Labute approximate surface area is 198 Å². The smallest absolute Gasteiger partial charge is 0.270 e. The second-order valence-electron chi connectivity index (χ2n) is 7.17. The average molecular weight is 484 g/mol. The number of hydrogen-bond acceptors (Lipinski definition) is 6. The van der Waals surface area contributed by atoms with E-state index in [1.165, 1.54) is 47.4 Å². The summed E-state index contributed by atoms with van der Waals surface area (Å²) in [4.78, 5) is 33.2. The number of aromatic nitrogens is 1. The highest BCUT2D eigenvalue weighted by molar-refractivity contribution is 8.27. The molecule has 0 atom stereocenters. The third-order valence-electron chi connectivity index (χ3n) is 4.92. The van der Waals surface area contributed by atoms with Gasteiger partial charge in [0.1, 0.15) is 5.82 Å². The van der Waals surface area contributed by atoms with Crippen LogP contribution in [0.25, 0.3) is 6.08 Å². The number of carbonyl (C=O) groups excluding carboxylic acids is 2. The van der Waals surface area contributed by atoms with Gasteiger partial charge in [-0.25, -0.2) is 9.37 Å². The summed E-state index contributed by atoms with van der Waals surface area (Å²) in [5.74, 6) is -0.834.